The van der Waals surface area contributed by atoms with Gasteiger partial charge >= 0.3 is 0 Å². The predicted molar refractivity (Wildman–Crippen MR) is 144 cm³/mol. The Labute approximate surface area is 217 Å². The molecule has 4 rings (SSSR count). The maximum absolute atomic E-state index is 13.1. The van der Waals surface area contributed by atoms with Gasteiger partial charge in [-0.25, -0.2) is 0 Å². The van der Waals surface area contributed by atoms with Gasteiger partial charge in [0.25, 0.3) is 11.7 Å². The summed E-state index contributed by atoms with van der Waals surface area (Å²) in [6.45, 7) is 2.94. The van der Waals surface area contributed by atoms with Crippen molar-refractivity contribution in [1.29, 1.82) is 0 Å². The van der Waals surface area contributed by atoms with Crippen LogP contribution in [0.3, 0.4) is 0 Å². The maximum atomic E-state index is 13.1. The Morgan fingerprint density at radius 1 is 1.00 bits per heavy atom. The fourth-order valence-electron chi connectivity index (χ4n) is 4.43. The Balaban J connectivity index is 1.64. The number of hydrogen-bond acceptors (Lipinski definition) is 6. The number of likely N-dealkylation sites (tertiary alicyclic amines) is 1. The highest BCUT2D eigenvalue weighted by Gasteiger charge is 2.45. The second kappa shape index (κ2) is 11.3. The van der Waals surface area contributed by atoms with Crippen LogP contribution in [0.4, 0.5) is 5.69 Å². The number of nitrogens with zero attached hydrogens (tertiary/aromatic N) is 2. The van der Waals surface area contributed by atoms with Crippen molar-refractivity contribution >= 4 is 23.1 Å². The summed E-state index contributed by atoms with van der Waals surface area (Å²) in [7, 11) is 5.42. The van der Waals surface area contributed by atoms with Gasteiger partial charge < -0.3 is 24.4 Å². The lowest BCUT2D eigenvalue weighted by molar-refractivity contribution is -0.140. The zero-order valence-corrected chi connectivity index (χ0v) is 21.6. The smallest absolute Gasteiger partial charge is 0.295 e. The summed E-state index contributed by atoms with van der Waals surface area (Å²) in [5.41, 5.74) is 4.44. The van der Waals surface area contributed by atoms with E-state index in [1.165, 1.54) is 4.90 Å². The summed E-state index contributed by atoms with van der Waals surface area (Å²) >= 11 is 0. The van der Waals surface area contributed by atoms with E-state index >= 15 is 0 Å². The highest BCUT2D eigenvalue weighted by atomic mass is 16.5. The minimum atomic E-state index is -0.719. The number of rotatable bonds is 9. The summed E-state index contributed by atoms with van der Waals surface area (Å²) in [5.74, 6) is -0.951. The van der Waals surface area contributed by atoms with E-state index in [1.807, 2.05) is 68.4 Å². The first kappa shape index (κ1) is 26.0. The standard InChI is InChI=1S/C30H32N2O5/c1-20-6-5-7-21(18-20)19-37-25-14-10-23(11-15-25)28(33)26-27(22-8-12-24(13-9-22)31(2)3)32(16-17-36-4)30(35)29(26)34/h5-15,18,27,33H,16-17,19H2,1-4H3/b28-26-. The van der Waals surface area contributed by atoms with Crippen molar-refractivity contribution in [2.45, 2.75) is 19.6 Å². The number of carbonyl (C=O) groups excluding carboxylic acids is 2. The van der Waals surface area contributed by atoms with Crippen molar-refractivity contribution in [2.24, 2.45) is 0 Å². The van der Waals surface area contributed by atoms with Crippen LogP contribution in [0.25, 0.3) is 5.76 Å². The molecule has 0 aromatic heterocycles. The number of ether oxygens (including phenoxy) is 2. The molecular formula is C30H32N2O5. The molecule has 1 heterocycles. The zero-order chi connectivity index (χ0) is 26.5. The topological polar surface area (TPSA) is 79.3 Å². The Bertz CT molecular complexity index is 1300. The molecule has 1 aliphatic heterocycles. The molecule has 1 aliphatic rings. The quantitative estimate of drug-likeness (QED) is 0.261. The number of amides is 1. The molecule has 1 fully saturated rings. The van der Waals surface area contributed by atoms with Crippen LogP contribution in [0.2, 0.25) is 0 Å². The molecule has 192 valence electrons. The first-order valence-corrected chi connectivity index (χ1v) is 12.1. The maximum Gasteiger partial charge on any atom is 0.295 e. The van der Waals surface area contributed by atoms with E-state index in [1.54, 1.807) is 31.4 Å². The monoisotopic (exact) mass is 500 g/mol. The number of Topliss-reactive ketones (excluding diaryl/α,β-unsaturated/α-hetero) is 1. The van der Waals surface area contributed by atoms with Gasteiger partial charge in [0.05, 0.1) is 18.2 Å². The van der Waals surface area contributed by atoms with E-state index in [2.05, 4.69) is 6.07 Å². The minimum Gasteiger partial charge on any atom is -0.507 e. The summed E-state index contributed by atoms with van der Waals surface area (Å²) in [4.78, 5) is 29.5. The number of aliphatic hydroxyl groups is 1. The molecule has 7 heteroatoms. The average Bonchev–Trinajstić information content (AvgIpc) is 3.15. The highest BCUT2D eigenvalue weighted by Crippen LogP contribution is 2.39. The van der Waals surface area contributed by atoms with Crippen molar-refractivity contribution < 1.29 is 24.2 Å². The molecule has 1 amide bonds. The van der Waals surface area contributed by atoms with E-state index in [0.29, 0.717) is 17.9 Å². The van der Waals surface area contributed by atoms with E-state index in [0.717, 1.165) is 22.4 Å². The molecule has 3 aromatic rings. The average molecular weight is 501 g/mol. The summed E-state index contributed by atoms with van der Waals surface area (Å²) in [6, 6.07) is 21.8. The normalized spacial score (nSPS) is 16.8. The van der Waals surface area contributed by atoms with Crippen LogP contribution >= 0.6 is 0 Å². The summed E-state index contributed by atoms with van der Waals surface area (Å²) in [6.07, 6.45) is 0. The van der Waals surface area contributed by atoms with Crippen LogP contribution < -0.4 is 9.64 Å². The van der Waals surface area contributed by atoms with Crippen molar-refractivity contribution in [1.82, 2.24) is 4.90 Å². The Morgan fingerprint density at radius 3 is 2.32 bits per heavy atom. The van der Waals surface area contributed by atoms with E-state index < -0.39 is 17.7 Å². The lowest BCUT2D eigenvalue weighted by Crippen LogP contribution is -2.32. The molecule has 3 aromatic carbocycles. The van der Waals surface area contributed by atoms with Gasteiger partial charge in [-0.3, -0.25) is 9.59 Å². The van der Waals surface area contributed by atoms with Crippen LogP contribution in [-0.4, -0.2) is 56.1 Å². The zero-order valence-electron chi connectivity index (χ0n) is 21.6. The van der Waals surface area contributed by atoms with Crippen LogP contribution in [-0.2, 0) is 20.9 Å². The number of ketones is 1. The van der Waals surface area contributed by atoms with Crippen molar-refractivity contribution in [3.05, 3.63) is 101 Å². The number of anilines is 1. The Hall–Kier alpha value is -4.10. The van der Waals surface area contributed by atoms with Crippen LogP contribution in [0.1, 0.15) is 28.3 Å². The highest BCUT2D eigenvalue weighted by molar-refractivity contribution is 6.46. The number of hydrogen-bond donors (Lipinski definition) is 1. The van der Waals surface area contributed by atoms with Crippen LogP contribution in [0, 0.1) is 6.92 Å². The van der Waals surface area contributed by atoms with Gasteiger partial charge in [0, 0.05) is 39.0 Å². The van der Waals surface area contributed by atoms with Gasteiger partial charge in [0.2, 0.25) is 0 Å². The fourth-order valence-corrected chi connectivity index (χ4v) is 4.43. The molecule has 0 aliphatic carbocycles. The Kier molecular flexibility index (Phi) is 7.94. The molecule has 1 atom stereocenters. The third-order valence-electron chi connectivity index (χ3n) is 6.42. The summed E-state index contributed by atoms with van der Waals surface area (Å²) < 4.78 is 11.1. The molecule has 37 heavy (non-hydrogen) atoms. The van der Waals surface area contributed by atoms with Gasteiger partial charge in [-0.05, 0) is 54.4 Å². The van der Waals surface area contributed by atoms with Gasteiger partial charge in [0.15, 0.2) is 0 Å². The third kappa shape index (κ3) is 5.67. The number of benzene rings is 3. The van der Waals surface area contributed by atoms with Crippen molar-refractivity contribution in [3.63, 3.8) is 0 Å². The predicted octanol–water partition coefficient (Wildman–Crippen LogP) is 4.71. The lowest BCUT2D eigenvalue weighted by Gasteiger charge is -2.25. The van der Waals surface area contributed by atoms with E-state index in [4.69, 9.17) is 9.47 Å². The molecule has 0 bridgehead atoms. The van der Waals surface area contributed by atoms with E-state index in [-0.39, 0.29) is 24.5 Å². The van der Waals surface area contributed by atoms with E-state index in [9.17, 15) is 14.7 Å². The van der Waals surface area contributed by atoms with Gasteiger partial charge in [-0.2, -0.15) is 0 Å². The molecule has 1 saturated heterocycles. The number of carbonyl (C=O) groups is 2. The van der Waals surface area contributed by atoms with Crippen molar-refractivity contribution in [2.75, 3.05) is 39.3 Å². The lowest BCUT2D eigenvalue weighted by atomic mass is 9.95. The largest absolute Gasteiger partial charge is 0.507 e. The SMILES string of the molecule is COCCN1C(=O)C(=O)/C(=C(\O)c2ccc(OCc3cccc(C)c3)cc2)C1c1ccc(N(C)C)cc1. The second-order valence-corrected chi connectivity index (χ2v) is 9.27. The number of methoxy groups -OCH3 is 1. The van der Waals surface area contributed by atoms with Gasteiger partial charge in [0.1, 0.15) is 18.1 Å². The molecule has 1 unspecified atom stereocenters. The minimum absolute atomic E-state index is 0.0622. The number of aliphatic hydroxyl groups excluding tert-OH is 1. The van der Waals surface area contributed by atoms with Crippen molar-refractivity contribution in [3.8, 4) is 5.75 Å². The second-order valence-electron chi connectivity index (χ2n) is 9.27. The summed E-state index contributed by atoms with van der Waals surface area (Å²) in [5, 5.41) is 11.3. The van der Waals surface area contributed by atoms with Gasteiger partial charge in [-0.1, -0.05) is 42.0 Å². The van der Waals surface area contributed by atoms with Gasteiger partial charge in [-0.15, -0.1) is 0 Å². The van der Waals surface area contributed by atoms with Crippen LogP contribution in [0.5, 0.6) is 5.75 Å². The molecule has 0 spiro atoms. The molecule has 0 radical (unpaired) electrons. The first-order valence-electron chi connectivity index (χ1n) is 12.1. The Morgan fingerprint density at radius 2 is 1.70 bits per heavy atom. The first-order chi connectivity index (χ1) is 17.8. The fraction of sp³-hybridized carbons (Fsp3) is 0.267. The molecule has 7 nitrogen and oxygen atoms in total. The molecule has 1 N–H and O–H groups in total. The molecule has 0 saturated carbocycles. The third-order valence-corrected chi connectivity index (χ3v) is 6.42. The number of aryl methyl sites for hydroxylation is 1. The van der Waals surface area contributed by atoms with Crippen LogP contribution in [0.15, 0.2) is 78.4 Å². The molecular weight excluding hydrogens is 468 g/mol.